The molecule has 0 spiro atoms. The van der Waals surface area contributed by atoms with E-state index in [1.807, 2.05) is 12.4 Å². The number of aryl methyl sites for hydroxylation is 1. The van der Waals surface area contributed by atoms with E-state index >= 15 is 0 Å². The van der Waals surface area contributed by atoms with E-state index in [9.17, 15) is 0 Å². The van der Waals surface area contributed by atoms with Crippen LogP contribution in [-0.4, -0.2) is 29.3 Å². The molecule has 2 heterocycles. The SMILES string of the molecule is CCCNC(c1nccn1C)C1CCCOC1. The van der Waals surface area contributed by atoms with Gasteiger partial charge in [0.2, 0.25) is 0 Å². The zero-order chi connectivity index (χ0) is 12.1. The molecule has 1 aromatic heterocycles. The van der Waals surface area contributed by atoms with E-state index in [1.165, 1.54) is 12.8 Å². The summed E-state index contributed by atoms with van der Waals surface area (Å²) in [5, 5.41) is 3.62. The van der Waals surface area contributed by atoms with Crippen LogP contribution in [0, 0.1) is 5.92 Å². The highest BCUT2D eigenvalue weighted by molar-refractivity contribution is 5.01. The molecule has 4 nitrogen and oxygen atoms in total. The Bertz CT molecular complexity index is 331. The van der Waals surface area contributed by atoms with Crippen LogP contribution < -0.4 is 5.32 Å². The number of imidazole rings is 1. The van der Waals surface area contributed by atoms with E-state index in [0.717, 1.165) is 32.0 Å². The van der Waals surface area contributed by atoms with Gasteiger partial charge in [-0.25, -0.2) is 4.98 Å². The van der Waals surface area contributed by atoms with E-state index in [0.29, 0.717) is 12.0 Å². The largest absolute Gasteiger partial charge is 0.381 e. The highest BCUT2D eigenvalue weighted by Gasteiger charge is 2.27. The van der Waals surface area contributed by atoms with Crippen molar-refractivity contribution in [3.63, 3.8) is 0 Å². The Hall–Kier alpha value is -0.870. The van der Waals surface area contributed by atoms with Crippen LogP contribution in [0.2, 0.25) is 0 Å². The lowest BCUT2D eigenvalue weighted by Crippen LogP contribution is -2.35. The molecule has 1 N–H and O–H groups in total. The lowest BCUT2D eigenvalue weighted by atomic mass is 9.93. The highest BCUT2D eigenvalue weighted by atomic mass is 16.5. The average molecular weight is 237 g/mol. The fraction of sp³-hybridized carbons (Fsp3) is 0.769. The Labute approximate surface area is 103 Å². The van der Waals surface area contributed by atoms with E-state index in [1.54, 1.807) is 0 Å². The number of hydrogen-bond donors (Lipinski definition) is 1. The van der Waals surface area contributed by atoms with Crippen molar-refractivity contribution in [2.75, 3.05) is 19.8 Å². The van der Waals surface area contributed by atoms with Crippen LogP contribution in [0.4, 0.5) is 0 Å². The third-order valence-corrected chi connectivity index (χ3v) is 3.42. The Morgan fingerprint density at radius 2 is 2.53 bits per heavy atom. The molecule has 1 aromatic rings. The van der Waals surface area contributed by atoms with E-state index in [-0.39, 0.29) is 0 Å². The van der Waals surface area contributed by atoms with Crippen molar-refractivity contribution in [2.24, 2.45) is 13.0 Å². The van der Waals surface area contributed by atoms with Crippen molar-refractivity contribution in [2.45, 2.75) is 32.2 Å². The van der Waals surface area contributed by atoms with Gasteiger partial charge < -0.3 is 14.6 Å². The van der Waals surface area contributed by atoms with Gasteiger partial charge in [-0.1, -0.05) is 6.92 Å². The Morgan fingerprint density at radius 1 is 1.65 bits per heavy atom. The van der Waals surface area contributed by atoms with Gasteiger partial charge in [-0.3, -0.25) is 0 Å². The molecule has 96 valence electrons. The quantitative estimate of drug-likeness (QED) is 0.850. The number of nitrogens with one attached hydrogen (secondary N) is 1. The topological polar surface area (TPSA) is 39.1 Å². The molecule has 0 radical (unpaired) electrons. The third-order valence-electron chi connectivity index (χ3n) is 3.42. The number of nitrogens with zero attached hydrogens (tertiary/aromatic N) is 2. The molecule has 0 aliphatic carbocycles. The van der Waals surface area contributed by atoms with E-state index in [4.69, 9.17) is 4.74 Å². The number of aromatic nitrogens is 2. The standard InChI is InChI=1S/C13H23N3O/c1-3-6-14-12(11-5-4-9-17-10-11)13-15-7-8-16(13)2/h7-8,11-12,14H,3-6,9-10H2,1-2H3. The second kappa shape index (κ2) is 6.17. The molecular weight excluding hydrogens is 214 g/mol. The molecule has 0 aromatic carbocycles. The molecule has 4 heteroatoms. The van der Waals surface area contributed by atoms with Gasteiger partial charge in [0.15, 0.2) is 0 Å². The van der Waals surface area contributed by atoms with Crippen LogP contribution in [0.25, 0.3) is 0 Å². The summed E-state index contributed by atoms with van der Waals surface area (Å²) in [6.45, 7) is 5.00. The summed E-state index contributed by atoms with van der Waals surface area (Å²) >= 11 is 0. The van der Waals surface area contributed by atoms with Crippen molar-refractivity contribution in [3.05, 3.63) is 18.2 Å². The first-order valence-corrected chi connectivity index (χ1v) is 6.61. The monoisotopic (exact) mass is 237 g/mol. The second-order valence-corrected chi connectivity index (χ2v) is 4.81. The minimum Gasteiger partial charge on any atom is -0.381 e. The molecule has 0 amide bonds. The van der Waals surface area contributed by atoms with Crippen molar-refractivity contribution in [1.82, 2.24) is 14.9 Å². The summed E-state index contributed by atoms with van der Waals surface area (Å²) in [5.41, 5.74) is 0. The zero-order valence-corrected chi connectivity index (χ0v) is 10.9. The average Bonchev–Trinajstić information content (AvgIpc) is 2.78. The van der Waals surface area contributed by atoms with Gasteiger partial charge in [0.25, 0.3) is 0 Å². The predicted molar refractivity (Wildman–Crippen MR) is 67.8 cm³/mol. The fourth-order valence-electron chi connectivity index (χ4n) is 2.47. The van der Waals surface area contributed by atoms with Gasteiger partial charge in [0.05, 0.1) is 12.6 Å². The maximum Gasteiger partial charge on any atom is 0.125 e. The smallest absolute Gasteiger partial charge is 0.125 e. The summed E-state index contributed by atoms with van der Waals surface area (Å²) in [4.78, 5) is 4.49. The second-order valence-electron chi connectivity index (χ2n) is 4.81. The summed E-state index contributed by atoms with van der Waals surface area (Å²) in [5.74, 6) is 1.69. The van der Waals surface area contributed by atoms with Crippen molar-refractivity contribution in [1.29, 1.82) is 0 Å². The van der Waals surface area contributed by atoms with Crippen LogP contribution in [0.3, 0.4) is 0 Å². The molecule has 0 saturated carbocycles. The lowest BCUT2D eigenvalue weighted by molar-refractivity contribution is 0.0373. The molecule has 2 atom stereocenters. The first-order valence-electron chi connectivity index (χ1n) is 6.61. The van der Waals surface area contributed by atoms with Gasteiger partial charge in [-0.2, -0.15) is 0 Å². The zero-order valence-electron chi connectivity index (χ0n) is 10.9. The maximum atomic E-state index is 5.60. The number of hydrogen-bond acceptors (Lipinski definition) is 3. The molecule has 17 heavy (non-hydrogen) atoms. The van der Waals surface area contributed by atoms with Gasteiger partial charge in [0, 0.05) is 32.0 Å². The molecule has 2 unspecified atom stereocenters. The van der Waals surface area contributed by atoms with E-state index < -0.39 is 0 Å². The minimum absolute atomic E-state index is 0.329. The first-order chi connectivity index (χ1) is 8.33. The van der Waals surface area contributed by atoms with Crippen molar-refractivity contribution < 1.29 is 4.74 Å². The fourth-order valence-corrected chi connectivity index (χ4v) is 2.47. The summed E-state index contributed by atoms with van der Waals surface area (Å²) < 4.78 is 7.72. The van der Waals surface area contributed by atoms with Crippen LogP contribution in [0.5, 0.6) is 0 Å². The van der Waals surface area contributed by atoms with Crippen molar-refractivity contribution >= 4 is 0 Å². The van der Waals surface area contributed by atoms with Gasteiger partial charge in [-0.15, -0.1) is 0 Å². The normalized spacial score (nSPS) is 22.6. The Morgan fingerprint density at radius 3 is 3.12 bits per heavy atom. The molecule has 2 rings (SSSR count). The van der Waals surface area contributed by atoms with Crippen molar-refractivity contribution in [3.8, 4) is 0 Å². The van der Waals surface area contributed by atoms with E-state index in [2.05, 4.69) is 28.8 Å². The number of ether oxygens (including phenoxy) is 1. The minimum atomic E-state index is 0.329. The first kappa shape index (κ1) is 12.6. The Kier molecular flexibility index (Phi) is 4.57. The third kappa shape index (κ3) is 3.07. The molecular formula is C13H23N3O. The highest BCUT2D eigenvalue weighted by Crippen LogP contribution is 2.27. The maximum absolute atomic E-state index is 5.60. The lowest BCUT2D eigenvalue weighted by Gasteiger charge is -2.30. The van der Waals surface area contributed by atoms with Gasteiger partial charge in [-0.05, 0) is 25.8 Å². The van der Waals surface area contributed by atoms with Gasteiger partial charge in [0.1, 0.15) is 5.82 Å². The van der Waals surface area contributed by atoms with Crippen LogP contribution >= 0.6 is 0 Å². The predicted octanol–water partition coefficient (Wildman–Crippen LogP) is 1.89. The molecule has 1 aliphatic heterocycles. The summed E-state index contributed by atoms with van der Waals surface area (Å²) in [6.07, 6.45) is 7.43. The number of rotatable bonds is 5. The Balaban J connectivity index is 2.09. The van der Waals surface area contributed by atoms with Crippen LogP contribution in [0.15, 0.2) is 12.4 Å². The van der Waals surface area contributed by atoms with Gasteiger partial charge >= 0.3 is 0 Å². The summed E-state index contributed by atoms with van der Waals surface area (Å²) in [7, 11) is 2.06. The molecule has 1 aliphatic rings. The summed E-state index contributed by atoms with van der Waals surface area (Å²) in [6, 6.07) is 0.329. The molecule has 0 bridgehead atoms. The van der Waals surface area contributed by atoms with Crippen LogP contribution in [-0.2, 0) is 11.8 Å². The van der Waals surface area contributed by atoms with Crippen LogP contribution in [0.1, 0.15) is 38.1 Å². The molecule has 1 fully saturated rings. The molecule has 1 saturated heterocycles.